The van der Waals surface area contributed by atoms with Crippen molar-refractivity contribution < 1.29 is 13.9 Å². The zero-order valence-electron chi connectivity index (χ0n) is 10.7. The van der Waals surface area contributed by atoms with Crippen LogP contribution in [-0.4, -0.2) is 5.11 Å². The fourth-order valence-electron chi connectivity index (χ4n) is 1.94. The maximum atomic E-state index is 13.5. The van der Waals surface area contributed by atoms with Crippen molar-refractivity contribution in [2.24, 2.45) is 0 Å². The minimum absolute atomic E-state index is 0.0682. The van der Waals surface area contributed by atoms with Crippen molar-refractivity contribution in [2.75, 3.05) is 5.32 Å². The Morgan fingerprint density at radius 3 is 2.70 bits per heavy atom. The van der Waals surface area contributed by atoms with Crippen molar-refractivity contribution >= 4 is 5.69 Å². The van der Waals surface area contributed by atoms with Crippen molar-refractivity contribution in [1.29, 1.82) is 5.26 Å². The fraction of sp³-hybridized carbons (Fsp3) is 0.133. The third-order valence-electron chi connectivity index (χ3n) is 2.95. The number of nitriles is 1. The van der Waals surface area contributed by atoms with Gasteiger partial charge in [0.2, 0.25) is 0 Å². The van der Waals surface area contributed by atoms with Crippen LogP contribution in [0.3, 0.4) is 0 Å². The first-order chi connectivity index (χ1) is 9.52. The van der Waals surface area contributed by atoms with E-state index in [-0.39, 0.29) is 11.3 Å². The third-order valence-corrected chi connectivity index (χ3v) is 2.95. The highest BCUT2D eigenvalue weighted by atomic mass is 19.1. The summed E-state index contributed by atoms with van der Waals surface area (Å²) in [6, 6.07) is 9.08. The van der Waals surface area contributed by atoms with Crippen molar-refractivity contribution in [3.8, 4) is 11.8 Å². The van der Waals surface area contributed by atoms with Crippen molar-refractivity contribution in [2.45, 2.75) is 13.0 Å². The zero-order valence-corrected chi connectivity index (χ0v) is 10.7. The van der Waals surface area contributed by atoms with Gasteiger partial charge in [-0.25, -0.2) is 8.78 Å². The minimum atomic E-state index is -0.631. The van der Waals surface area contributed by atoms with Crippen LogP contribution in [0.1, 0.15) is 24.1 Å². The van der Waals surface area contributed by atoms with Gasteiger partial charge in [0.05, 0.1) is 11.7 Å². The monoisotopic (exact) mass is 274 g/mol. The standard InChI is InChI=1S/C15H12F2N2O/c1-9(11-7-10(16)5-6-15(11)20)19-14-4-2-3-13(17)12(14)8-18/h2-7,9,19-20H,1H3. The van der Waals surface area contributed by atoms with E-state index in [4.69, 9.17) is 5.26 Å². The van der Waals surface area contributed by atoms with Crippen molar-refractivity contribution in [3.63, 3.8) is 0 Å². The molecule has 0 aliphatic carbocycles. The summed E-state index contributed by atoms with van der Waals surface area (Å²) in [4.78, 5) is 0. The molecule has 0 saturated carbocycles. The Hall–Kier alpha value is -2.61. The summed E-state index contributed by atoms with van der Waals surface area (Å²) in [7, 11) is 0. The molecule has 0 fully saturated rings. The Morgan fingerprint density at radius 2 is 2.00 bits per heavy atom. The number of halogens is 2. The van der Waals surface area contributed by atoms with Gasteiger partial charge in [0.25, 0.3) is 0 Å². The van der Waals surface area contributed by atoms with Gasteiger partial charge in [0.15, 0.2) is 0 Å². The number of phenolic OH excluding ortho intramolecular Hbond substituents is 1. The molecule has 3 nitrogen and oxygen atoms in total. The Balaban J connectivity index is 2.33. The van der Waals surface area contributed by atoms with Gasteiger partial charge in [-0.3, -0.25) is 0 Å². The second-order valence-corrected chi connectivity index (χ2v) is 4.34. The lowest BCUT2D eigenvalue weighted by atomic mass is 10.1. The minimum Gasteiger partial charge on any atom is -0.508 e. The summed E-state index contributed by atoms with van der Waals surface area (Å²) >= 11 is 0. The lowest BCUT2D eigenvalue weighted by Crippen LogP contribution is -2.09. The summed E-state index contributed by atoms with van der Waals surface area (Å²) in [5.74, 6) is -1.18. The van der Waals surface area contributed by atoms with Gasteiger partial charge in [-0.2, -0.15) is 5.26 Å². The van der Waals surface area contributed by atoms with Gasteiger partial charge in [0, 0.05) is 5.56 Å². The fourth-order valence-corrected chi connectivity index (χ4v) is 1.94. The molecule has 20 heavy (non-hydrogen) atoms. The molecule has 0 amide bonds. The number of aromatic hydroxyl groups is 1. The number of phenols is 1. The van der Waals surface area contributed by atoms with Crippen molar-refractivity contribution in [3.05, 3.63) is 59.2 Å². The van der Waals surface area contributed by atoms with Gasteiger partial charge in [0.1, 0.15) is 29.0 Å². The number of rotatable bonds is 3. The van der Waals surface area contributed by atoms with E-state index in [1.807, 2.05) is 0 Å². The van der Waals surface area contributed by atoms with Crippen LogP contribution in [0.4, 0.5) is 14.5 Å². The summed E-state index contributed by atoms with van der Waals surface area (Å²) in [5, 5.41) is 21.6. The molecule has 2 aromatic carbocycles. The predicted octanol–water partition coefficient (Wildman–Crippen LogP) is 3.72. The first-order valence-electron chi connectivity index (χ1n) is 5.96. The van der Waals surface area contributed by atoms with E-state index in [0.29, 0.717) is 11.3 Å². The molecular formula is C15H12F2N2O. The molecule has 0 heterocycles. The molecule has 0 aromatic heterocycles. The highest BCUT2D eigenvalue weighted by molar-refractivity contribution is 5.59. The van der Waals surface area contributed by atoms with Crippen LogP contribution in [0.15, 0.2) is 36.4 Å². The zero-order chi connectivity index (χ0) is 14.7. The van der Waals surface area contributed by atoms with E-state index >= 15 is 0 Å². The van der Waals surface area contributed by atoms with E-state index in [0.717, 1.165) is 6.07 Å². The molecule has 0 radical (unpaired) electrons. The van der Waals surface area contributed by atoms with Gasteiger partial charge < -0.3 is 10.4 Å². The smallest absolute Gasteiger partial charge is 0.143 e. The number of nitrogens with one attached hydrogen (secondary N) is 1. The van der Waals surface area contributed by atoms with Crippen molar-refractivity contribution in [1.82, 2.24) is 0 Å². The van der Waals surface area contributed by atoms with Crippen LogP contribution in [0, 0.1) is 23.0 Å². The predicted molar refractivity (Wildman–Crippen MR) is 71.2 cm³/mol. The topological polar surface area (TPSA) is 56.0 Å². The molecule has 2 rings (SSSR count). The van der Waals surface area contributed by atoms with Gasteiger partial charge in [-0.15, -0.1) is 0 Å². The molecule has 2 aromatic rings. The Kier molecular flexibility index (Phi) is 3.85. The van der Waals surface area contributed by atoms with E-state index < -0.39 is 17.7 Å². The molecule has 0 bridgehead atoms. The molecular weight excluding hydrogens is 262 g/mol. The number of benzene rings is 2. The van der Waals surface area contributed by atoms with E-state index in [9.17, 15) is 13.9 Å². The molecule has 0 aliphatic rings. The van der Waals surface area contributed by atoms with Gasteiger partial charge >= 0.3 is 0 Å². The first-order valence-corrected chi connectivity index (χ1v) is 5.96. The molecule has 1 atom stereocenters. The highest BCUT2D eigenvalue weighted by Crippen LogP contribution is 2.29. The second kappa shape index (κ2) is 5.57. The first kappa shape index (κ1) is 13.8. The lowest BCUT2D eigenvalue weighted by Gasteiger charge is -2.18. The molecule has 5 heteroatoms. The van der Waals surface area contributed by atoms with Crippen LogP contribution in [0.25, 0.3) is 0 Å². The number of hydrogen-bond acceptors (Lipinski definition) is 3. The summed E-state index contributed by atoms with van der Waals surface area (Å²) in [6.07, 6.45) is 0. The normalized spacial score (nSPS) is 11.7. The van der Waals surface area contributed by atoms with E-state index in [2.05, 4.69) is 5.32 Å². The largest absolute Gasteiger partial charge is 0.508 e. The molecule has 1 unspecified atom stereocenters. The van der Waals surface area contributed by atoms with Gasteiger partial charge in [-0.05, 0) is 37.3 Å². The molecule has 0 aliphatic heterocycles. The average Bonchev–Trinajstić information content (AvgIpc) is 2.41. The van der Waals surface area contributed by atoms with Gasteiger partial charge in [-0.1, -0.05) is 6.07 Å². The molecule has 2 N–H and O–H groups in total. The summed E-state index contributed by atoms with van der Waals surface area (Å²) in [5.41, 5.74) is 0.511. The van der Waals surface area contributed by atoms with E-state index in [1.165, 1.54) is 24.3 Å². The summed E-state index contributed by atoms with van der Waals surface area (Å²) in [6.45, 7) is 1.68. The Bertz CT molecular complexity index is 680. The Morgan fingerprint density at radius 1 is 1.25 bits per heavy atom. The maximum absolute atomic E-state index is 13.5. The Labute approximate surface area is 115 Å². The van der Waals surface area contributed by atoms with Crippen LogP contribution >= 0.6 is 0 Å². The molecule has 0 spiro atoms. The van der Waals surface area contributed by atoms with E-state index in [1.54, 1.807) is 19.1 Å². The van der Waals surface area contributed by atoms with Crippen LogP contribution < -0.4 is 5.32 Å². The van der Waals surface area contributed by atoms with Crippen LogP contribution in [0.2, 0.25) is 0 Å². The average molecular weight is 274 g/mol. The SMILES string of the molecule is CC(Nc1cccc(F)c1C#N)c1cc(F)ccc1O. The number of anilines is 1. The highest BCUT2D eigenvalue weighted by Gasteiger charge is 2.14. The van der Waals surface area contributed by atoms with Crippen LogP contribution in [0.5, 0.6) is 5.75 Å². The lowest BCUT2D eigenvalue weighted by molar-refractivity contribution is 0.462. The molecule has 0 saturated heterocycles. The van der Waals surface area contributed by atoms with Crippen LogP contribution in [-0.2, 0) is 0 Å². The molecule has 102 valence electrons. The third kappa shape index (κ3) is 2.69. The second-order valence-electron chi connectivity index (χ2n) is 4.34. The summed E-state index contributed by atoms with van der Waals surface area (Å²) < 4.78 is 26.7. The maximum Gasteiger partial charge on any atom is 0.143 e. The number of hydrogen-bond donors (Lipinski definition) is 2. The number of nitrogens with zero attached hydrogens (tertiary/aromatic N) is 1. The quantitative estimate of drug-likeness (QED) is 0.897.